The fourth-order valence-corrected chi connectivity index (χ4v) is 2.52. The summed E-state index contributed by atoms with van der Waals surface area (Å²) in [5.41, 5.74) is 6.85. The van der Waals surface area contributed by atoms with E-state index in [1.54, 1.807) is 12.5 Å². The van der Waals surface area contributed by atoms with Gasteiger partial charge in [0.1, 0.15) is 16.5 Å². The third kappa shape index (κ3) is 3.72. The molecule has 0 aliphatic carbocycles. The molecule has 0 unspecified atom stereocenters. The first kappa shape index (κ1) is 15.3. The van der Waals surface area contributed by atoms with Crippen LogP contribution in [0.1, 0.15) is 19.5 Å². The number of rotatable bonds is 6. The molecular formula is C15H19N3O2S. The van der Waals surface area contributed by atoms with Crippen LogP contribution in [0.5, 0.6) is 11.5 Å². The minimum absolute atomic E-state index is 0.0265. The fourth-order valence-electron chi connectivity index (χ4n) is 1.71. The van der Waals surface area contributed by atoms with Gasteiger partial charge in [-0.1, -0.05) is 13.8 Å². The molecular weight excluding hydrogens is 286 g/mol. The summed E-state index contributed by atoms with van der Waals surface area (Å²) in [6.45, 7) is 4.83. The van der Waals surface area contributed by atoms with Crippen molar-refractivity contribution in [1.82, 2.24) is 4.98 Å². The lowest BCUT2D eigenvalue weighted by Crippen LogP contribution is -2.11. The zero-order valence-corrected chi connectivity index (χ0v) is 13.2. The molecule has 0 fully saturated rings. The molecule has 2 aromatic rings. The Balaban J connectivity index is 2.27. The van der Waals surface area contributed by atoms with E-state index in [-0.39, 0.29) is 5.84 Å². The molecule has 0 saturated carbocycles. The lowest BCUT2D eigenvalue weighted by molar-refractivity contribution is 0.257. The molecule has 2 rings (SSSR count). The molecule has 21 heavy (non-hydrogen) atoms. The Hall–Kier alpha value is -2.08. The van der Waals surface area contributed by atoms with Crippen LogP contribution in [0, 0.1) is 11.3 Å². The molecule has 112 valence electrons. The summed E-state index contributed by atoms with van der Waals surface area (Å²) in [4.78, 5) is 4.33. The fraction of sp³-hybridized carbons (Fsp3) is 0.333. The number of benzene rings is 1. The average molecular weight is 305 g/mol. The minimum Gasteiger partial charge on any atom is -0.493 e. The second kappa shape index (κ2) is 6.58. The van der Waals surface area contributed by atoms with E-state index in [0.717, 1.165) is 16.3 Å². The molecule has 0 aliphatic heterocycles. The molecule has 0 atom stereocenters. The molecule has 3 N–H and O–H groups in total. The van der Waals surface area contributed by atoms with Crippen LogP contribution in [0.4, 0.5) is 0 Å². The first-order valence-corrected chi connectivity index (χ1v) is 7.50. The second-order valence-electron chi connectivity index (χ2n) is 5.02. The van der Waals surface area contributed by atoms with Crippen LogP contribution in [0.3, 0.4) is 0 Å². The number of amidine groups is 1. The van der Waals surface area contributed by atoms with Gasteiger partial charge in [-0.2, -0.15) is 0 Å². The average Bonchev–Trinajstić information content (AvgIpc) is 2.94. The number of nitrogens with one attached hydrogen (secondary N) is 1. The van der Waals surface area contributed by atoms with Crippen molar-refractivity contribution in [2.24, 2.45) is 11.7 Å². The smallest absolute Gasteiger partial charge is 0.161 e. The maximum atomic E-state index is 7.40. The van der Waals surface area contributed by atoms with E-state index in [1.165, 1.54) is 11.3 Å². The Morgan fingerprint density at radius 1 is 1.38 bits per heavy atom. The molecule has 0 radical (unpaired) electrons. The van der Waals surface area contributed by atoms with Crippen LogP contribution in [-0.2, 0) is 0 Å². The summed E-state index contributed by atoms with van der Waals surface area (Å²) in [5.74, 6) is 1.82. The normalized spacial score (nSPS) is 10.7. The van der Waals surface area contributed by atoms with Crippen LogP contribution in [0.15, 0.2) is 23.6 Å². The van der Waals surface area contributed by atoms with Crippen molar-refractivity contribution < 1.29 is 9.47 Å². The quantitative estimate of drug-likeness (QED) is 0.634. The number of hydrogen-bond acceptors (Lipinski definition) is 5. The summed E-state index contributed by atoms with van der Waals surface area (Å²) in [7, 11) is 1.62. The zero-order chi connectivity index (χ0) is 15.4. The van der Waals surface area contributed by atoms with E-state index in [4.69, 9.17) is 20.6 Å². The highest BCUT2D eigenvalue weighted by molar-refractivity contribution is 7.13. The van der Waals surface area contributed by atoms with Crippen LogP contribution in [-0.4, -0.2) is 24.5 Å². The highest BCUT2D eigenvalue weighted by Gasteiger charge is 2.11. The number of nitrogens with zero attached hydrogens (tertiary/aromatic N) is 1. The lowest BCUT2D eigenvalue weighted by Gasteiger charge is -2.13. The lowest BCUT2D eigenvalue weighted by atomic mass is 10.2. The van der Waals surface area contributed by atoms with Crippen molar-refractivity contribution in [1.29, 1.82) is 5.41 Å². The van der Waals surface area contributed by atoms with Gasteiger partial charge in [-0.05, 0) is 24.1 Å². The van der Waals surface area contributed by atoms with E-state index in [1.807, 2.05) is 18.2 Å². The van der Waals surface area contributed by atoms with Gasteiger partial charge in [-0.3, -0.25) is 5.41 Å². The maximum Gasteiger partial charge on any atom is 0.161 e. The SMILES string of the molecule is COc1cc(-c2nc(C(=N)N)cs2)ccc1OCC(C)C. The Morgan fingerprint density at radius 2 is 2.14 bits per heavy atom. The van der Waals surface area contributed by atoms with Gasteiger partial charge in [0.25, 0.3) is 0 Å². The summed E-state index contributed by atoms with van der Waals surface area (Å²) >= 11 is 1.45. The van der Waals surface area contributed by atoms with Crippen LogP contribution in [0.2, 0.25) is 0 Å². The van der Waals surface area contributed by atoms with E-state index in [2.05, 4.69) is 18.8 Å². The first-order valence-electron chi connectivity index (χ1n) is 6.62. The highest BCUT2D eigenvalue weighted by atomic mass is 32.1. The van der Waals surface area contributed by atoms with Gasteiger partial charge in [0.2, 0.25) is 0 Å². The van der Waals surface area contributed by atoms with Gasteiger partial charge in [0.15, 0.2) is 11.5 Å². The number of nitrogen functional groups attached to an aromatic ring is 1. The van der Waals surface area contributed by atoms with E-state index in [0.29, 0.717) is 24.0 Å². The number of aromatic nitrogens is 1. The number of methoxy groups -OCH3 is 1. The maximum absolute atomic E-state index is 7.40. The third-order valence-corrected chi connectivity index (χ3v) is 3.65. The Bertz CT molecular complexity index is 638. The number of nitrogens with two attached hydrogens (primary N) is 1. The Kier molecular flexibility index (Phi) is 4.80. The van der Waals surface area contributed by atoms with Gasteiger partial charge < -0.3 is 15.2 Å². The predicted molar refractivity (Wildman–Crippen MR) is 85.5 cm³/mol. The van der Waals surface area contributed by atoms with Gasteiger partial charge in [0, 0.05) is 10.9 Å². The molecule has 0 bridgehead atoms. The van der Waals surface area contributed by atoms with Crippen LogP contribution in [0.25, 0.3) is 10.6 Å². The number of thiazole rings is 1. The third-order valence-electron chi connectivity index (χ3n) is 2.76. The predicted octanol–water partition coefficient (Wildman–Crippen LogP) is 3.14. The summed E-state index contributed by atoms with van der Waals surface area (Å²) in [6.07, 6.45) is 0. The molecule has 6 heteroatoms. The molecule has 1 aromatic heterocycles. The summed E-state index contributed by atoms with van der Waals surface area (Å²) in [6, 6.07) is 5.70. The first-order chi connectivity index (χ1) is 10.0. The number of ether oxygens (including phenoxy) is 2. The molecule has 0 amide bonds. The van der Waals surface area contributed by atoms with Gasteiger partial charge >= 0.3 is 0 Å². The molecule has 1 aromatic carbocycles. The van der Waals surface area contributed by atoms with Crippen molar-refractivity contribution in [2.45, 2.75) is 13.8 Å². The van der Waals surface area contributed by atoms with Crippen LogP contribution >= 0.6 is 11.3 Å². The zero-order valence-electron chi connectivity index (χ0n) is 12.3. The monoisotopic (exact) mass is 305 g/mol. The second-order valence-corrected chi connectivity index (χ2v) is 5.88. The van der Waals surface area contributed by atoms with Crippen molar-refractivity contribution in [3.05, 3.63) is 29.3 Å². The topological polar surface area (TPSA) is 81.2 Å². The Labute approximate surface area is 128 Å². The standard InChI is InChI=1S/C15H19N3O2S/c1-9(2)7-20-12-5-4-10(6-13(12)19-3)15-18-11(8-21-15)14(16)17/h4-6,8-9H,7H2,1-3H3,(H3,16,17). The molecule has 0 spiro atoms. The van der Waals surface area contributed by atoms with Gasteiger partial charge in [-0.15, -0.1) is 11.3 Å². The molecule has 0 aliphatic rings. The Morgan fingerprint density at radius 3 is 2.71 bits per heavy atom. The van der Waals surface area contributed by atoms with Crippen molar-refractivity contribution in [2.75, 3.05) is 13.7 Å². The molecule has 5 nitrogen and oxygen atoms in total. The molecule has 0 saturated heterocycles. The van der Waals surface area contributed by atoms with Crippen molar-refractivity contribution in [3.8, 4) is 22.1 Å². The van der Waals surface area contributed by atoms with Crippen molar-refractivity contribution in [3.63, 3.8) is 0 Å². The van der Waals surface area contributed by atoms with Gasteiger partial charge in [0.05, 0.1) is 13.7 Å². The minimum atomic E-state index is -0.0265. The van der Waals surface area contributed by atoms with E-state index < -0.39 is 0 Å². The molecule has 1 heterocycles. The highest BCUT2D eigenvalue weighted by Crippen LogP contribution is 2.34. The van der Waals surface area contributed by atoms with Crippen LogP contribution < -0.4 is 15.2 Å². The largest absolute Gasteiger partial charge is 0.493 e. The van der Waals surface area contributed by atoms with Crippen molar-refractivity contribution >= 4 is 17.2 Å². The number of hydrogen-bond donors (Lipinski definition) is 2. The van der Waals surface area contributed by atoms with E-state index >= 15 is 0 Å². The summed E-state index contributed by atoms with van der Waals surface area (Å²) in [5, 5.41) is 9.97. The van der Waals surface area contributed by atoms with E-state index in [9.17, 15) is 0 Å². The summed E-state index contributed by atoms with van der Waals surface area (Å²) < 4.78 is 11.1. The van der Waals surface area contributed by atoms with Gasteiger partial charge in [-0.25, -0.2) is 4.98 Å².